The van der Waals surface area contributed by atoms with Crippen molar-refractivity contribution >= 4 is 32.3 Å². The normalized spacial score (nSPS) is 11.3. The Balaban J connectivity index is 1.23. The van der Waals surface area contributed by atoms with Gasteiger partial charge in [0.1, 0.15) is 0 Å². The van der Waals surface area contributed by atoms with Crippen LogP contribution >= 0.6 is 0 Å². The van der Waals surface area contributed by atoms with Crippen molar-refractivity contribution in [3.05, 3.63) is 176 Å². The first-order valence-corrected chi connectivity index (χ1v) is 16.2. The van der Waals surface area contributed by atoms with Gasteiger partial charge in [-0.2, -0.15) is 0 Å². The summed E-state index contributed by atoms with van der Waals surface area (Å²) in [5.74, 6) is 1.93. The SMILES string of the molecule is c1ccc(-c2nc(-c3ccc(-c4c5ccccc5cc5ccc6ccccc6c45)cc3)nc(-c3ccccc3-c3ccccc3)n2)cc1. The molecule has 3 heteroatoms. The van der Waals surface area contributed by atoms with Gasteiger partial charge >= 0.3 is 0 Å². The van der Waals surface area contributed by atoms with Crippen molar-refractivity contribution in [3.8, 4) is 56.4 Å². The molecule has 0 N–H and O–H groups in total. The van der Waals surface area contributed by atoms with Crippen LogP contribution in [0.25, 0.3) is 88.7 Å². The topological polar surface area (TPSA) is 38.7 Å². The van der Waals surface area contributed by atoms with Gasteiger partial charge in [-0.15, -0.1) is 0 Å². The number of aromatic nitrogens is 3. The molecule has 0 spiro atoms. The molecule has 0 aliphatic rings. The fourth-order valence-electron chi connectivity index (χ4n) is 6.82. The highest BCUT2D eigenvalue weighted by Gasteiger charge is 2.17. The monoisotopic (exact) mass is 611 g/mol. The van der Waals surface area contributed by atoms with Crippen molar-refractivity contribution in [2.24, 2.45) is 0 Å². The van der Waals surface area contributed by atoms with Crippen LogP contribution in [0.5, 0.6) is 0 Å². The summed E-state index contributed by atoms with van der Waals surface area (Å²) < 4.78 is 0. The minimum absolute atomic E-state index is 0.640. The minimum atomic E-state index is 0.640. The molecule has 0 saturated carbocycles. The van der Waals surface area contributed by atoms with Crippen molar-refractivity contribution in [3.63, 3.8) is 0 Å². The fraction of sp³-hybridized carbons (Fsp3) is 0. The van der Waals surface area contributed by atoms with Gasteiger partial charge in [-0.1, -0.05) is 170 Å². The fourth-order valence-corrected chi connectivity index (χ4v) is 6.82. The number of nitrogens with zero attached hydrogens (tertiary/aromatic N) is 3. The van der Waals surface area contributed by atoms with Gasteiger partial charge in [0.2, 0.25) is 0 Å². The summed E-state index contributed by atoms with van der Waals surface area (Å²) in [5, 5.41) is 7.46. The lowest BCUT2D eigenvalue weighted by Gasteiger charge is -2.15. The van der Waals surface area contributed by atoms with Crippen LogP contribution < -0.4 is 0 Å². The molecule has 0 bridgehead atoms. The molecule has 0 atom stereocenters. The van der Waals surface area contributed by atoms with E-state index < -0.39 is 0 Å². The maximum atomic E-state index is 5.11. The average molecular weight is 612 g/mol. The van der Waals surface area contributed by atoms with Crippen LogP contribution in [-0.4, -0.2) is 15.0 Å². The number of hydrogen-bond acceptors (Lipinski definition) is 3. The van der Waals surface area contributed by atoms with Crippen molar-refractivity contribution in [1.82, 2.24) is 15.0 Å². The van der Waals surface area contributed by atoms with Gasteiger partial charge in [0.25, 0.3) is 0 Å². The third-order valence-corrected chi connectivity index (χ3v) is 9.10. The van der Waals surface area contributed by atoms with Crippen LogP contribution in [0.15, 0.2) is 176 Å². The molecule has 0 fully saturated rings. The van der Waals surface area contributed by atoms with Gasteiger partial charge in [-0.05, 0) is 60.6 Å². The maximum Gasteiger partial charge on any atom is 0.164 e. The van der Waals surface area contributed by atoms with E-state index in [-0.39, 0.29) is 0 Å². The van der Waals surface area contributed by atoms with E-state index in [1.54, 1.807) is 0 Å². The van der Waals surface area contributed by atoms with E-state index in [2.05, 4.69) is 133 Å². The Morgan fingerprint density at radius 2 is 0.792 bits per heavy atom. The van der Waals surface area contributed by atoms with Gasteiger partial charge in [0.15, 0.2) is 17.5 Å². The number of rotatable bonds is 5. The molecule has 224 valence electrons. The zero-order valence-electron chi connectivity index (χ0n) is 26.1. The van der Waals surface area contributed by atoms with Crippen molar-refractivity contribution < 1.29 is 0 Å². The quantitative estimate of drug-likeness (QED) is 0.144. The molecule has 9 aromatic rings. The number of fused-ring (bicyclic) bond motifs is 4. The van der Waals surface area contributed by atoms with Crippen LogP contribution in [-0.2, 0) is 0 Å². The van der Waals surface area contributed by atoms with Crippen LogP contribution in [0, 0.1) is 0 Å². The predicted octanol–water partition coefficient (Wildman–Crippen LogP) is 11.7. The summed E-state index contributed by atoms with van der Waals surface area (Å²) in [6.07, 6.45) is 0. The molecule has 3 nitrogen and oxygen atoms in total. The Bertz CT molecular complexity index is 2590. The molecule has 8 aromatic carbocycles. The Labute approximate surface area is 278 Å². The van der Waals surface area contributed by atoms with Gasteiger partial charge in [0.05, 0.1) is 0 Å². The van der Waals surface area contributed by atoms with Crippen molar-refractivity contribution in [2.75, 3.05) is 0 Å². The van der Waals surface area contributed by atoms with E-state index in [1.165, 1.54) is 37.9 Å². The van der Waals surface area contributed by atoms with E-state index in [0.29, 0.717) is 17.5 Å². The highest BCUT2D eigenvalue weighted by molar-refractivity contribution is 6.21. The van der Waals surface area contributed by atoms with Crippen molar-refractivity contribution in [2.45, 2.75) is 0 Å². The van der Waals surface area contributed by atoms with Crippen LogP contribution in [0.2, 0.25) is 0 Å². The van der Waals surface area contributed by atoms with E-state index in [9.17, 15) is 0 Å². The molecule has 0 aliphatic carbocycles. The summed E-state index contributed by atoms with van der Waals surface area (Å²) in [5.41, 5.74) is 7.45. The van der Waals surface area contributed by atoms with Crippen LogP contribution in [0.4, 0.5) is 0 Å². The lowest BCUT2D eigenvalue weighted by Crippen LogP contribution is -2.01. The Hall–Kier alpha value is -6.45. The number of benzene rings is 8. The second kappa shape index (κ2) is 11.7. The molecule has 0 unspecified atom stereocenters. The Morgan fingerprint density at radius 3 is 1.52 bits per heavy atom. The Morgan fingerprint density at radius 1 is 0.292 bits per heavy atom. The van der Waals surface area contributed by atoms with Crippen LogP contribution in [0.3, 0.4) is 0 Å². The maximum absolute atomic E-state index is 5.11. The van der Waals surface area contributed by atoms with Gasteiger partial charge < -0.3 is 0 Å². The standard InChI is InChI=1S/C45H29N3/c1-3-13-30(14-4-1)37-19-11-12-22-40(37)45-47-43(33-16-5-2-6-17-33)46-44(48-45)34-26-24-32(25-27-34)41-39-21-10-8-18-35(39)29-36-28-23-31-15-7-9-20-38(31)42(36)41/h1-29H. The van der Waals surface area contributed by atoms with Gasteiger partial charge in [0, 0.05) is 16.7 Å². The molecule has 9 rings (SSSR count). The average Bonchev–Trinajstić information content (AvgIpc) is 3.17. The summed E-state index contributed by atoms with van der Waals surface area (Å²) in [6.45, 7) is 0. The molecular weight excluding hydrogens is 583 g/mol. The van der Waals surface area contributed by atoms with E-state index in [1.807, 2.05) is 42.5 Å². The lowest BCUT2D eigenvalue weighted by molar-refractivity contribution is 1.07. The first-order chi connectivity index (χ1) is 23.8. The second-order valence-electron chi connectivity index (χ2n) is 12.0. The highest BCUT2D eigenvalue weighted by atomic mass is 15.0. The third kappa shape index (κ3) is 4.90. The summed E-state index contributed by atoms with van der Waals surface area (Å²) in [6, 6.07) is 61.7. The smallest absolute Gasteiger partial charge is 0.164 e. The van der Waals surface area contributed by atoms with Gasteiger partial charge in [-0.3, -0.25) is 0 Å². The largest absolute Gasteiger partial charge is 0.208 e. The van der Waals surface area contributed by atoms with E-state index in [4.69, 9.17) is 15.0 Å². The molecule has 0 aliphatic heterocycles. The summed E-state index contributed by atoms with van der Waals surface area (Å²) in [7, 11) is 0. The first-order valence-electron chi connectivity index (χ1n) is 16.2. The first kappa shape index (κ1) is 27.8. The second-order valence-corrected chi connectivity index (χ2v) is 12.0. The molecule has 0 amide bonds. The molecule has 48 heavy (non-hydrogen) atoms. The molecule has 0 radical (unpaired) electrons. The van der Waals surface area contributed by atoms with E-state index in [0.717, 1.165) is 33.4 Å². The van der Waals surface area contributed by atoms with E-state index >= 15 is 0 Å². The summed E-state index contributed by atoms with van der Waals surface area (Å²) in [4.78, 5) is 15.2. The zero-order chi connectivity index (χ0) is 31.9. The molecule has 1 aromatic heterocycles. The Kier molecular flexibility index (Phi) is 6.80. The van der Waals surface area contributed by atoms with Crippen molar-refractivity contribution in [1.29, 1.82) is 0 Å². The zero-order valence-corrected chi connectivity index (χ0v) is 26.1. The molecule has 1 heterocycles. The lowest BCUT2D eigenvalue weighted by atomic mass is 9.89. The van der Waals surface area contributed by atoms with Gasteiger partial charge in [-0.25, -0.2) is 15.0 Å². The summed E-state index contributed by atoms with van der Waals surface area (Å²) >= 11 is 0. The third-order valence-electron chi connectivity index (χ3n) is 9.10. The number of hydrogen-bond donors (Lipinski definition) is 0. The highest BCUT2D eigenvalue weighted by Crippen LogP contribution is 2.41. The molecular formula is C45H29N3. The molecule has 0 saturated heterocycles. The minimum Gasteiger partial charge on any atom is -0.208 e. The predicted molar refractivity (Wildman–Crippen MR) is 200 cm³/mol. The van der Waals surface area contributed by atoms with Crippen LogP contribution in [0.1, 0.15) is 0 Å².